The molecule has 5 heteroatoms. The molecule has 0 saturated heterocycles. The van der Waals surface area contributed by atoms with Crippen LogP contribution in [0.2, 0.25) is 0 Å². The number of hydrogen-bond acceptors (Lipinski definition) is 3. The Balaban J connectivity index is 1.91. The van der Waals surface area contributed by atoms with E-state index in [2.05, 4.69) is 10.5 Å². The molecule has 126 valence electrons. The first-order valence-corrected chi connectivity index (χ1v) is 7.90. The fraction of sp³-hybridized carbons (Fsp3) is 0.100. The molecule has 0 unspecified atom stereocenters. The highest BCUT2D eigenvalue weighted by atomic mass is 16.3. The van der Waals surface area contributed by atoms with Crippen molar-refractivity contribution < 1.29 is 9.90 Å². The number of rotatable bonds is 5. The fourth-order valence-corrected chi connectivity index (χ4v) is 2.63. The summed E-state index contributed by atoms with van der Waals surface area (Å²) in [7, 11) is 1.88. The van der Waals surface area contributed by atoms with Crippen molar-refractivity contribution in [1.82, 2.24) is 9.99 Å². The molecule has 0 aliphatic rings. The predicted molar refractivity (Wildman–Crippen MR) is 97.0 cm³/mol. The van der Waals surface area contributed by atoms with E-state index in [1.807, 2.05) is 42.1 Å². The van der Waals surface area contributed by atoms with Crippen molar-refractivity contribution >= 4 is 12.1 Å². The zero-order valence-corrected chi connectivity index (χ0v) is 13.8. The van der Waals surface area contributed by atoms with Crippen molar-refractivity contribution in [3.63, 3.8) is 0 Å². The number of carbonyl (C=O) groups is 1. The van der Waals surface area contributed by atoms with E-state index in [0.717, 1.165) is 5.69 Å². The van der Waals surface area contributed by atoms with Gasteiger partial charge in [0.1, 0.15) is 0 Å². The summed E-state index contributed by atoms with van der Waals surface area (Å²) in [5.41, 5.74) is 2.42. The minimum atomic E-state index is -1.83. The second-order valence-electron chi connectivity index (χ2n) is 5.69. The number of hydrogen-bond donors (Lipinski definition) is 2. The molecule has 1 amide bonds. The van der Waals surface area contributed by atoms with Gasteiger partial charge in [-0.15, -0.1) is 0 Å². The molecule has 0 aliphatic carbocycles. The van der Waals surface area contributed by atoms with E-state index in [9.17, 15) is 9.90 Å². The molecule has 2 aromatic carbocycles. The van der Waals surface area contributed by atoms with Crippen molar-refractivity contribution in [1.29, 1.82) is 0 Å². The first kappa shape index (κ1) is 16.7. The Morgan fingerprint density at radius 2 is 1.56 bits per heavy atom. The monoisotopic (exact) mass is 333 g/mol. The lowest BCUT2D eigenvalue weighted by molar-refractivity contribution is -0.136. The Labute approximate surface area is 146 Å². The third-order valence-corrected chi connectivity index (χ3v) is 4.06. The SMILES string of the molecule is Cn1cccc1/C=N\NC(=O)C(O)(c1ccccc1)c1ccccc1. The van der Waals surface area contributed by atoms with E-state index in [-0.39, 0.29) is 0 Å². The van der Waals surface area contributed by atoms with Gasteiger partial charge in [0.25, 0.3) is 5.91 Å². The molecule has 5 nitrogen and oxygen atoms in total. The number of nitrogens with one attached hydrogen (secondary N) is 1. The van der Waals surface area contributed by atoms with E-state index in [0.29, 0.717) is 11.1 Å². The molecular weight excluding hydrogens is 314 g/mol. The van der Waals surface area contributed by atoms with Crippen LogP contribution in [-0.4, -0.2) is 21.8 Å². The van der Waals surface area contributed by atoms with Gasteiger partial charge < -0.3 is 9.67 Å². The Morgan fingerprint density at radius 1 is 1.00 bits per heavy atom. The maximum atomic E-state index is 12.8. The largest absolute Gasteiger partial charge is 0.372 e. The van der Waals surface area contributed by atoms with E-state index in [1.54, 1.807) is 48.5 Å². The number of carbonyl (C=O) groups excluding carboxylic acids is 1. The predicted octanol–water partition coefficient (Wildman–Crippen LogP) is 2.41. The molecule has 0 saturated carbocycles. The molecule has 1 heterocycles. The normalized spacial score (nSPS) is 11.6. The number of aromatic nitrogens is 1. The molecule has 25 heavy (non-hydrogen) atoms. The molecule has 0 radical (unpaired) electrons. The third kappa shape index (κ3) is 3.36. The highest BCUT2D eigenvalue weighted by Gasteiger charge is 2.39. The van der Waals surface area contributed by atoms with Crippen molar-refractivity contribution in [2.75, 3.05) is 0 Å². The van der Waals surface area contributed by atoms with Crippen LogP contribution in [0.5, 0.6) is 0 Å². The van der Waals surface area contributed by atoms with Gasteiger partial charge in [-0.3, -0.25) is 4.79 Å². The first-order chi connectivity index (χ1) is 12.1. The van der Waals surface area contributed by atoms with Crippen LogP contribution in [0.1, 0.15) is 16.8 Å². The van der Waals surface area contributed by atoms with Crippen LogP contribution in [0.15, 0.2) is 84.1 Å². The number of benzene rings is 2. The highest BCUT2D eigenvalue weighted by Crippen LogP contribution is 2.29. The number of aryl methyl sites for hydroxylation is 1. The lowest BCUT2D eigenvalue weighted by atomic mass is 9.85. The maximum Gasteiger partial charge on any atom is 0.281 e. The van der Waals surface area contributed by atoms with Crippen molar-refractivity contribution in [2.45, 2.75) is 5.60 Å². The van der Waals surface area contributed by atoms with Crippen LogP contribution in [-0.2, 0) is 17.4 Å². The maximum absolute atomic E-state index is 12.8. The molecule has 0 aliphatic heterocycles. The van der Waals surface area contributed by atoms with Gasteiger partial charge in [-0.1, -0.05) is 60.7 Å². The van der Waals surface area contributed by atoms with Crippen LogP contribution < -0.4 is 5.43 Å². The summed E-state index contributed by atoms with van der Waals surface area (Å²) < 4.78 is 1.87. The Kier molecular flexibility index (Phi) is 4.77. The van der Waals surface area contributed by atoms with Gasteiger partial charge in [0.2, 0.25) is 0 Å². The summed E-state index contributed by atoms with van der Waals surface area (Å²) in [6.45, 7) is 0. The minimum Gasteiger partial charge on any atom is -0.372 e. The molecule has 3 aromatic rings. The standard InChI is InChI=1S/C20H19N3O2/c1-23-14-8-13-18(23)15-21-22-19(24)20(25,16-9-4-2-5-10-16)17-11-6-3-7-12-17/h2-15,25H,1H3,(H,22,24)/b21-15-. The van der Waals surface area contributed by atoms with E-state index < -0.39 is 11.5 Å². The van der Waals surface area contributed by atoms with Gasteiger partial charge in [-0.2, -0.15) is 5.10 Å². The Bertz CT molecular complexity index is 831. The quantitative estimate of drug-likeness (QED) is 0.556. The molecule has 0 atom stereocenters. The van der Waals surface area contributed by atoms with Crippen molar-refractivity contribution in [2.24, 2.45) is 12.1 Å². The van der Waals surface area contributed by atoms with Gasteiger partial charge in [-0.25, -0.2) is 5.43 Å². The van der Waals surface area contributed by atoms with Gasteiger partial charge in [0.15, 0.2) is 5.60 Å². The van der Waals surface area contributed by atoms with Crippen molar-refractivity contribution in [3.8, 4) is 0 Å². The summed E-state index contributed by atoms with van der Waals surface area (Å²) in [5, 5.41) is 15.2. The smallest absolute Gasteiger partial charge is 0.281 e. The number of aliphatic hydroxyl groups is 1. The zero-order valence-electron chi connectivity index (χ0n) is 13.8. The molecule has 2 N–H and O–H groups in total. The third-order valence-electron chi connectivity index (χ3n) is 4.06. The summed E-state index contributed by atoms with van der Waals surface area (Å²) in [6, 6.07) is 21.4. The Hall–Kier alpha value is -3.18. The van der Waals surface area contributed by atoms with Crippen LogP contribution in [0, 0.1) is 0 Å². The van der Waals surface area contributed by atoms with Gasteiger partial charge in [0.05, 0.1) is 11.9 Å². The van der Waals surface area contributed by atoms with E-state index in [4.69, 9.17) is 0 Å². The average molecular weight is 333 g/mol. The summed E-state index contributed by atoms with van der Waals surface area (Å²) in [6.07, 6.45) is 3.42. The van der Waals surface area contributed by atoms with Gasteiger partial charge >= 0.3 is 0 Å². The van der Waals surface area contributed by atoms with E-state index in [1.165, 1.54) is 6.21 Å². The Morgan fingerprint density at radius 3 is 2.04 bits per heavy atom. The second-order valence-corrected chi connectivity index (χ2v) is 5.69. The van der Waals surface area contributed by atoms with Gasteiger partial charge in [0, 0.05) is 13.2 Å². The molecule has 3 rings (SSSR count). The molecule has 0 bridgehead atoms. The number of amides is 1. The molecule has 1 aromatic heterocycles. The minimum absolute atomic E-state index is 0.479. The second kappa shape index (κ2) is 7.15. The highest BCUT2D eigenvalue weighted by molar-refractivity contribution is 5.91. The van der Waals surface area contributed by atoms with Crippen LogP contribution >= 0.6 is 0 Å². The number of nitrogens with zero attached hydrogens (tertiary/aromatic N) is 2. The molecular formula is C20H19N3O2. The summed E-state index contributed by atoms with van der Waals surface area (Å²) in [5.74, 6) is -0.615. The zero-order chi connectivity index (χ0) is 17.7. The number of hydrazone groups is 1. The van der Waals surface area contributed by atoms with Crippen LogP contribution in [0.25, 0.3) is 0 Å². The summed E-state index contributed by atoms with van der Waals surface area (Å²) >= 11 is 0. The lowest BCUT2D eigenvalue weighted by Gasteiger charge is -2.27. The van der Waals surface area contributed by atoms with Gasteiger partial charge in [-0.05, 0) is 23.3 Å². The van der Waals surface area contributed by atoms with E-state index >= 15 is 0 Å². The molecule has 0 spiro atoms. The van der Waals surface area contributed by atoms with Crippen molar-refractivity contribution in [3.05, 3.63) is 95.8 Å². The summed E-state index contributed by atoms with van der Waals surface area (Å²) in [4.78, 5) is 12.8. The van der Waals surface area contributed by atoms with Crippen LogP contribution in [0.3, 0.4) is 0 Å². The lowest BCUT2D eigenvalue weighted by Crippen LogP contribution is -2.43. The topological polar surface area (TPSA) is 66.6 Å². The average Bonchev–Trinajstić information content (AvgIpc) is 3.07. The first-order valence-electron chi connectivity index (χ1n) is 7.90. The van der Waals surface area contributed by atoms with Crippen LogP contribution in [0.4, 0.5) is 0 Å². The molecule has 0 fully saturated rings. The fourth-order valence-electron chi connectivity index (χ4n) is 2.63.